The number of carbonyl (C=O) groups is 2. The summed E-state index contributed by atoms with van der Waals surface area (Å²) >= 11 is 0. The lowest BCUT2D eigenvalue weighted by molar-refractivity contribution is -0.162. The molecule has 0 radical (unpaired) electrons. The highest BCUT2D eigenvalue weighted by molar-refractivity contribution is 5.70. The zero-order chi connectivity index (χ0) is 19.6. The number of aliphatic hydroxyl groups is 1. The molecule has 1 saturated heterocycles. The van der Waals surface area contributed by atoms with Gasteiger partial charge in [0.05, 0.1) is 6.10 Å². The SMILES string of the molecule is CC(=O)O[C@H]1C=Cc2c(CN3CCCC3)cc(C(C)O)cc2[C@@H]1OC(C)=O. The maximum absolute atomic E-state index is 11.7. The maximum atomic E-state index is 11.7. The van der Waals surface area contributed by atoms with Crippen molar-refractivity contribution in [1.29, 1.82) is 0 Å². The Labute approximate surface area is 159 Å². The van der Waals surface area contributed by atoms with Crippen LogP contribution in [0.3, 0.4) is 0 Å². The first-order valence-corrected chi connectivity index (χ1v) is 9.45. The van der Waals surface area contributed by atoms with Crippen molar-refractivity contribution in [3.63, 3.8) is 0 Å². The van der Waals surface area contributed by atoms with Gasteiger partial charge in [0.1, 0.15) is 0 Å². The quantitative estimate of drug-likeness (QED) is 0.800. The van der Waals surface area contributed by atoms with E-state index in [-0.39, 0.29) is 0 Å². The zero-order valence-electron chi connectivity index (χ0n) is 16.1. The first-order valence-electron chi connectivity index (χ1n) is 9.45. The molecule has 6 heteroatoms. The van der Waals surface area contributed by atoms with Gasteiger partial charge in [-0.25, -0.2) is 0 Å². The van der Waals surface area contributed by atoms with Crippen molar-refractivity contribution in [2.45, 2.75) is 58.5 Å². The number of ether oxygens (including phenoxy) is 2. The van der Waals surface area contributed by atoms with E-state index in [4.69, 9.17) is 9.47 Å². The minimum atomic E-state index is -0.720. The summed E-state index contributed by atoms with van der Waals surface area (Å²) in [6.45, 7) is 7.27. The number of likely N-dealkylation sites (tertiary alicyclic amines) is 1. The van der Waals surface area contributed by atoms with Crippen LogP contribution >= 0.6 is 0 Å². The number of carbonyl (C=O) groups excluding carboxylic acids is 2. The van der Waals surface area contributed by atoms with Crippen molar-refractivity contribution < 1.29 is 24.2 Å². The topological polar surface area (TPSA) is 76.1 Å². The van der Waals surface area contributed by atoms with E-state index in [1.54, 1.807) is 13.0 Å². The molecule has 1 unspecified atom stereocenters. The fourth-order valence-corrected chi connectivity index (χ4v) is 3.83. The standard InChI is InChI=1S/C21H27NO5/c1-13(23)16-10-17(12-22-8-4-5-9-22)18-6-7-20(26-14(2)24)21(19(18)11-16)27-15(3)25/h6-7,10-11,13,20-21,23H,4-5,8-9,12H2,1-3H3/t13?,20-,21-/m0/s1. The second-order valence-corrected chi connectivity index (χ2v) is 7.31. The molecule has 1 aliphatic carbocycles. The first-order chi connectivity index (χ1) is 12.8. The van der Waals surface area contributed by atoms with Crippen LogP contribution in [-0.4, -0.2) is 41.1 Å². The Morgan fingerprint density at radius 1 is 1.19 bits per heavy atom. The highest BCUT2D eigenvalue weighted by atomic mass is 16.6. The molecule has 0 bridgehead atoms. The monoisotopic (exact) mass is 373 g/mol. The molecule has 3 atom stereocenters. The number of esters is 2. The molecular formula is C21H27NO5. The van der Waals surface area contributed by atoms with Crippen LogP contribution in [-0.2, 0) is 25.6 Å². The number of benzene rings is 1. The van der Waals surface area contributed by atoms with Gasteiger partial charge in [0.25, 0.3) is 0 Å². The van der Waals surface area contributed by atoms with Crippen LogP contribution in [0.2, 0.25) is 0 Å². The van der Waals surface area contributed by atoms with Gasteiger partial charge >= 0.3 is 11.9 Å². The van der Waals surface area contributed by atoms with Gasteiger partial charge in [-0.15, -0.1) is 0 Å². The van der Waals surface area contributed by atoms with Crippen LogP contribution < -0.4 is 0 Å². The van der Waals surface area contributed by atoms with Crippen LogP contribution in [0.15, 0.2) is 18.2 Å². The van der Waals surface area contributed by atoms with Crippen LogP contribution in [0.5, 0.6) is 0 Å². The fourth-order valence-electron chi connectivity index (χ4n) is 3.83. The molecule has 6 nitrogen and oxygen atoms in total. The molecule has 3 rings (SSSR count). The molecule has 146 valence electrons. The highest BCUT2D eigenvalue weighted by Crippen LogP contribution is 2.37. The summed E-state index contributed by atoms with van der Waals surface area (Å²) in [6.07, 6.45) is 4.04. The Morgan fingerprint density at radius 2 is 1.85 bits per heavy atom. The Balaban J connectivity index is 2.05. The normalized spacial score (nSPS) is 23.0. The largest absolute Gasteiger partial charge is 0.454 e. The third-order valence-electron chi connectivity index (χ3n) is 5.05. The van der Waals surface area contributed by atoms with Crippen molar-refractivity contribution >= 4 is 18.0 Å². The molecule has 0 saturated carbocycles. The van der Waals surface area contributed by atoms with Gasteiger partial charge in [0, 0.05) is 26.0 Å². The molecule has 1 aromatic carbocycles. The lowest BCUT2D eigenvalue weighted by atomic mass is 9.86. The van der Waals surface area contributed by atoms with E-state index in [0.29, 0.717) is 0 Å². The van der Waals surface area contributed by atoms with E-state index < -0.39 is 30.3 Å². The van der Waals surface area contributed by atoms with E-state index in [9.17, 15) is 14.7 Å². The van der Waals surface area contributed by atoms with Gasteiger partial charge in [-0.05, 0) is 61.7 Å². The third kappa shape index (κ3) is 4.57. The van der Waals surface area contributed by atoms with Crippen LogP contribution in [0, 0.1) is 0 Å². The fraction of sp³-hybridized carbons (Fsp3) is 0.524. The minimum Gasteiger partial charge on any atom is -0.454 e. The summed E-state index contributed by atoms with van der Waals surface area (Å²) in [4.78, 5) is 25.6. The number of hydrogen-bond donors (Lipinski definition) is 1. The average molecular weight is 373 g/mol. The predicted molar refractivity (Wildman–Crippen MR) is 101 cm³/mol. The maximum Gasteiger partial charge on any atom is 0.303 e. The first kappa shape index (κ1) is 19.6. The van der Waals surface area contributed by atoms with Crippen molar-refractivity contribution in [2.24, 2.45) is 0 Å². The smallest absolute Gasteiger partial charge is 0.303 e. The summed E-state index contributed by atoms with van der Waals surface area (Å²) in [7, 11) is 0. The lowest BCUT2D eigenvalue weighted by Crippen LogP contribution is -2.30. The van der Waals surface area contributed by atoms with Gasteiger partial charge in [-0.1, -0.05) is 12.1 Å². The van der Waals surface area contributed by atoms with Crippen molar-refractivity contribution in [3.8, 4) is 0 Å². The third-order valence-corrected chi connectivity index (χ3v) is 5.05. The van der Waals surface area contributed by atoms with Crippen LogP contribution in [0.25, 0.3) is 6.08 Å². The second-order valence-electron chi connectivity index (χ2n) is 7.31. The van der Waals surface area contributed by atoms with Gasteiger partial charge in [-0.3, -0.25) is 14.5 Å². The summed E-state index contributed by atoms with van der Waals surface area (Å²) in [5, 5.41) is 10.2. The van der Waals surface area contributed by atoms with E-state index in [1.807, 2.05) is 18.2 Å². The lowest BCUT2D eigenvalue weighted by Gasteiger charge is -2.31. The van der Waals surface area contributed by atoms with Crippen LogP contribution in [0.1, 0.15) is 68.1 Å². The molecule has 0 aromatic heterocycles. The Bertz CT molecular complexity index is 749. The van der Waals surface area contributed by atoms with E-state index in [0.717, 1.165) is 41.9 Å². The van der Waals surface area contributed by atoms with E-state index >= 15 is 0 Å². The summed E-state index contributed by atoms with van der Waals surface area (Å²) in [5.41, 5.74) is 3.59. The molecule has 1 aromatic rings. The molecule has 1 heterocycles. The number of fused-ring (bicyclic) bond motifs is 1. The molecular weight excluding hydrogens is 346 g/mol. The average Bonchev–Trinajstić information content (AvgIpc) is 3.09. The van der Waals surface area contributed by atoms with Gasteiger partial charge < -0.3 is 14.6 Å². The van der Waals surface area contributed by atoms with E-state index in [2.05, 4.69) is 4.90 Å². The van der Waals surface area contributed by atoms with Crippen molar-refractivity contribution in [2.75, 3.05) is 13.1 Å². The molecule has 27 heavy (non-hydrogen) atoms. The number of rotatable bonds is 5. The van der Waals surface area contributed by atoms with Gasteiger partial charge in [-0.2, -0.15) is 0 Å². The summed E-state index contributed by atoms with van der Waals surface area (Å²) in [5.74, 6) is -0.879. The van der Waals surface area contributed by atoms with Gasteiger partial charge in [0.15, 0.2) is 12.2 Å². The minimum absolute atomic E-state index is 0.436. The second kappa shape index (κ2) is 8.23. The molecule has 1 aliphatic heterocycles. The summed E-state index contributed by atoms with van der Waals surface area (Å²) < 4.78 is 10.9. The van der Waals surface area contributed by atoms with Crippen molar-refractivity contribution in [1.82, 2.24) is 4.90 Å². The Morgan fingerprint density at radius 3 is 2.44 bits per heavy atom. The molecule has 2 aliphatic rings. The van der Waals surface area contributed by atoms with Gasteiger partial charge in [0.2, 0.25) is 0 Å². The van der Waals surface area contributed by atoms with Crippen molar-refractivity contribution in [3.05, 3.63) is 40.5 Å². The van der Waals surface area contributed by atoms with E-state index in [1.165, 1.54) is 26.7 Å². The molecule has 0 amide bonds. The molecule has 1 fully saturated rings. The Hall–Kier alpha value is -2.18. The molecule has 0 spiro atoms. The number of aliphatic hydroxyl groups excluding tert-OH is 1. The number of nitrogens with zero attached hydrogens (tertiary/aromatic N) is 1. The number of hydrogen-bond acceptors (Lipinski definition) is 6. The Kier molecular flexibility index (Phi) is 5.97. The highest BCUT2D eigenvalue weighted by Gasteiger charge is 2.33. The molecule has 1 N–H and O–H groups in total. The van der Waals surface area contributed by atoms with Crippen LogP contribution in [0.4, 0.5) is 0 Å². The summed E-state index contributed by atoms with van der Waals surface area (Å²) in [6, 6.07) is 3.87. The predicted octanol–water partition coefficient (Wildman–Crippen LogP) is 2.90. The zero-order valence-corrected chi connectivity index (χ0v) is 16.1.